The second-order valence-corrected chi connectivity index (χ2v) is 9.63. The first-order valence-corrected chi connectivity index (χ1v) is 10.6. The summed E-state index contributed by atoms with van der Waals surface area (Å²) in [5.74, 6) is -2.90. The fourth-order valence-electron chi connectivity index (χ4n) is 5.02. The fourth-order valence-corrected chi connectivity index (χ4v) is 6.81. The van der Waals surface area contributed by atoms with Gasteiger partial charge in [0.25, 0.3) is 0 Å². The first-order valence-electron chi connectivity index (χ1n) is 9.09. The summed E-state index contributed by atoms with van der Waals surface area (Å²) in [5.41, 5.74) is -2.34. The van der Waals surface area contributed by atoms with E-state index in [9.17, 15) is 22.8 Å². The van der Waals surface area contributed by atoms with Crippen LogP contribution < -0.4 is 0 Å². The standard InChI is InChI=1S/C20H20O8S/c1-26-17(22)19(18(23)27-2)9-14-15(29(24,25)12-6-4-3-5-7-12)8-13-16(21)28-11-20(13,14)10-19/h3-7,13H,8-11H2,1-2H3/t13-,20+/m1/s1. The Morgan fingerprint density at radius 1 is 1.10 bits per heavy atom. The zero-order valence-electron chi connectivity index (χ0n) is 16.0. The summed E-state index contributed by atoms with van der Waals surface area (Å²) in [6.45, 7) is -0.0740. The number of ether oxygens (including phenoxy) is 3. The molecule has 0 bridgehead atoms. The Labute approximate surface area is 167 Å². The first kappa shape index (κ1) is 19.6. The monoisotopic (exact) mass is 420 g/mol. The van der Waals surface area contributed by atoms with Gasteiger partial charge in [-0.3, -0.25) is 14.4 Å². The Bertz CT molecular complexity index is 1020. The number of benzene rings is 1. The molecular weight excluding hydrogens is 400 g/mol. The Balaban J connectivity index is 1.93. The minimum Gasteiger partial charge on any atom is -0.468 e. The van der Waals surface area contributed by atoms with Gasteiger partial charge < -0.3 is 14.2 Å². The highest BCUT2D eigenvalue weighted by atomic mass is 32.2. The summed E-state index contributed by atoms with van der Waals surface area (Å²) in [5, 5.41) is 0. The van der Waals surface area contributed by atoms with Crippen LogP contribution in [0.1, 0.15) is 19.3 Å². The topological polar surface area (TPSA) is 113 Å². The van der Waals surface area contributed by atoms with Crippen molar-refractivity contribution in [3.05, 3.63) is 40.8 Å². The van der Waals surface area contributed by atoms with Crippen LogP contribution in [0.3, 0.4) is 0 Å². The van der Waals surface area contributed by atoms with Crippen LogP contribution in [0.25, 0.3) is 0 Å². The smallest absolute Gasteiger partial charge is 0.323 e. The van der Waals surface area contributed by atoms with Crippen molar-refractivity contribution >= 4 is 27.7 Å². The van der Waals surface area contributed by atoms with Crippen LogP contribution in [0.4, 0.5) is 0 Å². The highest BCUT2D eigenvalue weighted by Crippen LogP contribution is 2.66. The van der Waals surface area contributed by atoms with Crippen molar-refractivity contribution in [3.8, 4) is 0 Å². The first-order chi connectivity index (χ1) is 13.7. The second-order valence-electron chi connectivity index (χ2n) is 7.66. The zero-order valence-corrected chi connectivity index (χ0v) is 16.8. The van der Waals surface area contributed by atoms with Crippen molar-refractivity contribution in [1.29, 1.82) is 0 Å². The van der Waals surface area contributed by atoms with Gasteiger partial charge in [0.15, 0.2) is 5.41 Å². The molecule has 8 nitrogen and oxygen atoms in total. The van der Waals surface area contributed by atoms with Gasteiger partial charge in [0.2, 0.25) is 9.84 Å². The SMILES string of the molecule is COC(=O)C1(C(=O)OC)CC2=C(S(=O)(=O)c3ccccc3)C[C@@H]3C(=O)OC[C@]23C1. The molecule has 2 fully saturated rings. The predicted octanol–water partition coefficient (Wildman–Crippen LogP) is 1.40. The Morgan fingerprint density at radius 2 is 1.72 bits per heavy atom. The molecule has 0 amide bonds. The van der Waals surface area contributed by atoms with Crippen molar-refractivity contribution in [2.75, 3.05) is 20.8 Å². The average Bonchev–Trinajstić information content (AvgIpc) is 3.33. The molecule has 9 heteroatoms. The summed E-state index contributed by atoms with van der Waals surface area (Å²) in [6, 6.07) is 7.88. The number of hydrogen-bond donors (Lipinski definition) is 0. The number of carbonyl (C=O) groups excluding carboxylic acids is 3. The minimum atomic E-state index is -3.91. The molecule has 2 aliphatic carbocycles. The van der Waals surface area contributed by atoms with E-state index < -0.39 is 44.5 Å². The van der Waals surface area contributed by atoms with Crippen LogP contribution in [-0.2, 0) is 38.4 Å². The molecule has 1 saturated carbocycles. The van der Waals surface area contributed by atoms with Gasteiger partial charge in [0.05, 0.1) is 29.9 Å². The van der Waals surface area contributed by atoms with E-state index in [1.807, 2.05) is 0 Å². The molecular formula is C20H20O8S. The van der Waals surface area contributed by atoms with E-state index in [2.05, 4.69) is 0 Å². The molecule has 29 heavy (non-hydrogen) atoms. The van der Waals surface area contributed by atoms with Gasteiger partial charge in [-0.05, 0) is 37.0 Å². The molecule has 0 aromatic heterocycles. The molecule has 1 aliphatic heterocycles. The van der Waals surface area contributed by atoms with Gasteiger partial charge in [-0.15, -0.1) is 0 Å². The van der Waals surface area contributed by atoms with Crippen molar-refractivity contribution in [1.82, 2.24) is 0 Å². The summed E-state index contributed by atoms with van der Waals surface area (Å²) in [4.78, 5) is 37.9. The van der Waals surface area contributed by atoms with E-state index in [-0.39, 0.29) is 35.7 Å². The van der Waals surface area contributed by atoms with E-state index in [1.54, 1.807) is 18.2 Å². The minimum absolute atomic E-state index is 0.0101. The molecule has 1 aromatic rings. The third-order valence-electron chi connectivity index (χ3n) is 6.38. The molecule has 1 saturated heterocycles. The molecule has 1 spiro atoms. The molecule has 154 valence electrons. The Hall–Kier alpha value is -2.68. The lowest BCUT2D eigenvalue weighted by Gasteiger charge is -2.27. The van der Waals surface area contributed by atoms with Gasteiger partial charge in [-0.25, -0.2) is 8.42 Å². The Morgan fingerprint density at radius 3 is 2.31 bits per heavy atom. The Kier molecular flexibility index (Phi) is 4.34. The third-order valence-corrected chi connectivity index (χ3v) is 8.33. The van der Waals surface area contributed by atoms with Gasteiger partial charge in [0.1, 0.15) is 6.61 Å². The fraction of sp³-hybridized carbons (Fsp3) is 0.450. The number of carbonyl (C=O) groups is 3. The maximum absolute atomic E-state index is 13.4. The lowest BCUT2D eigenvalue weighted by molar-refractivity contribution is -0.169. The third kappa shape index (κ3) is 2.49. The summed E-state index contributed by atoms with van der Waals surface area (Å²) < 4.78 is 41.7. The van der Waals surface area contributed by atoms with Gasteiger partial charge in [0, 0.05) is 5.41 Å². The number of rotatable bonds is 4. The normalized spacial score (nSPS) is 27.2. The number of sulfone groups is 1. The van der Waals surface area contributed by atoms with Crippen LogP contribution in [-0.4, -0.2) is 47.2 Å². The van der Waals surface area contributed by atoms with E-state index in [0.717, 1.165) is 14.2 Å². The molecule has 1 heterocycles. The van der Waals surface area contributed by atoms with Crippen molar-refractivity contribution in [2.45, 2.75) is 24.2 Å². The molecule has 3 aliphatic rings. The maximum atomic E-state index is 13.4. The van der Waals surface area contributed by atoms with Gasteiger partial charge in [-0.1, -0.05) is 18.2 Å². The lowest BCUT2D eigenvalue weighted by atomic mass is 9.73. The quantitative estimate of drug-likeness (QED) is 0.408. The van der Waals surface area contributed by atoms with Crippen molar-refractivity contribution in [3.63, 3.8) is 0 Å². The van der Waals surface area contributed by atoms with E-state index in [1.165, 1.54) is 12.1 Å². The average molecular weight is 420 g/mol. The highest BCUT2D eigenvalue weighted by Gasteiger charge is 2.70. The van der Waals surface area contributed by atoms with Crippen LogP contribution in [0.15, 0.2) is 45.7 Å². The van der Waals surface area contributed by atoms with Gasteiger partial charge in [-0.2, -0.15) is 0 Å². The molecule has 2 atom stereocenters. The van der Waals surface area contributed by atoms with Crippen LogP contribution in [0, 0.1) is 16.7 Å². The van der Waals surface area contributed by atoms with Gasteiger partial charge >= 0.3 is 17.9 Å². The number of allylic oxidation sites excluding steroid dienone is 1. The number of methoxy groups -OCH3 is 2. The van der Waals surface area contributed by atoms with Crippen molar-refractivity contribution in [2.24, 2.45) is 16.7 Å². The molecule has 0 N–H and O–H groups in total. The van der Waals surface area contributed by atoms with E-state index >= 15 is 0 Å². The summed E-state index contributed by atoms with van der Waals surface area (Å²) >= 11 is 0. The van der Waals surface area contributed by atoms with E-state index in [0.29, 0.717) is 5.57 Å². The molecule has 4 rings (SSSR count). The predicted molar refractivity (Wildman–Crippen MR) is 97.9 cm³/mol. The van der Waals surface area contributed by atoms with Crippen LogP contribution >= 0.6 is 0 Å². The summed E-state index contributed by atoms with van der Waals surface area (Å²) in [7, 11) is -1.60. The number of hydrogen-bond acceptors (Lipinski definition) is 8. The maximum Gasteiger partial charge on any atom is 0.323 e. The molecule has 0 unspecified atom stereocenters. The van der Waals surface area contributed by atoms with Crippen LogP contribution in [0.2, 0.25) is 0 Å². The molecule has 0 radical (unpaired) electrons. The largest absolute Gasteiger partial charge is 0.468 e. The second kappa shape index (κ2) is 6.41. The van der Waals surface area contributed by atoms with Crippen LogP contribution in [0.5, 0.6) is 0 Å². The zero-order chi connectivity index (χ0) is 21.0. The van der Waals surface area contributed by atoms with E-state index in [4.69, 9.17) is 14.2 Å². The highest BCUT2D eigenvalue weighted by molar-refractivity contribution is 7.95. The molecule has 1 aromatic carbocycles. The summed E-state index contributed by atoms with van der Waals surface area (Å²) in [6.07, 6.45) is -0.274. The van der Waals surface area contributed by atoms with Crippen molar-refractivity contribution < 1.29 is 37.0 Å². The number of esters is 3. The lowest BCUT2D eigenvalue weighted by Crippen LogP contribution is -2.41. The number of cyclic esters (lactones) is 1.